The highest BCUT2D eigenvalue weighted by Crippen LogP contribution is 2.30. The fraction of sp³-hybridized carbons (Fsp3) is 0.515. The van der Waals surface area contributed by atoms with Crippen molar-refractivity contribution in [3.63, 3.8) is 0 Å². The van der Waals surface area contributed by atoms with Crippen molar-refractivity contribution in [2.24, 2.45) is 0 Å². The first-order valence-corrected chi connectivity index (χ1v) is 15.6. The van der Waals surface area contributed by atoms with E-state index in [1.54, 1.807) is 18.4 Å². The molecule has 0 bridgehead atoms. The normalized spacial score (nSPS) is 10.9. The lowest BCUT2D eigenvalue weighted by Gasteiger charge is -2.14. The third kappa shape index (κ3) is 11.4. The van der Waals surface area contributed by atoms with Gasteiger partial charge < -0.3 is 14.8 Å². The summed E-state index contributed by atoms with van der Waals surface area (Å²) in [6.45, 7) is 5.79. The summed E-state index contributed by atoms with van der Waals surface area (Å²) < 4.78 is 13.6. The van der Waals surface area contributed by atoms with Crippen LogP contribution < -0.4 is 19.4 Å². The number of hydrogen-bond acceptors (Lipinski definition) is 4. The molecule has 0 saturated carbocycles. The van der Waals surface area contributed by atoms with Crippen LogP contribution in [0.2, 0.25) is 0 Å². The quantitative estimate of drug-likeness (QED) is 0.120. The molecular weight excluding hydrogens is 504 g/mol. The molecule has 1 aromatic heterocycles. The first-order chi connectivity index (χ1) is 19.1. The number of carbonyl (C=O) groups is 1. The van der Waals surface area contributed by atoms with Crippen LogP contribution in [0.4, 0.5) is 5.69 Å². The number of aryl methyl sites for hydroxylation is 1. The Morgan fingerprint density at radius 3 is 2.10 bits per heavy atom. The van der Waals surface area contributed by atoms with E-state index in [1.807, 2.05) is 42.5 Å². The van der Waals surface area contributed by atoms with Crippen molar-refractivity contribution in [1.29, 1.82) is 0 Å². The largest absolute Gasteiger partial charge is 0.497 e. The number of unbranched alkanes of at least 4 members (excludes halogenated alkanes) is 11. The summed E-state index contributed by atoms with van der Waals surface area (Å²) in [5.41, 5.74) is 4.55. The van der Waals surface area contributed by atoms with Gasteiger partial charge in [0.15, 0.2) is 12.7 Å². The standard InChI is InChI=1S/C33H46N2O3S/c1-4-5-6-7-8-9-10-11-12-13-14-15-22-38-32-23-30(37-3)20-21-31(32)34-33(36)29-18-16-28(17-19-29)25-35-24-27(2)39-26-35/h16-21,23-24,26H,4-15,22,25H2,1-3H3/p+1. The molecule has 0 atom stereocenters. The minimum atomic E-state index is -0.152. The van der Waals surface area contributed by atoms with Crippen LogP contribution in [0.15, 0.2) is 54.2 Å². The van der Waals surface area contributed by atoms with Crippen molar-refractivity contribution < 1.29 is 18.8 Å². The van der Waals surface area contributed by atoms with E-state index in [-0.39, 0.29) is 5.91 Å². The van der Waals surface area contributed by atoms with Crippen molar-refractivity contribution in [3.8, 4) is 11.5 Å². The highest BCUT2D eigenvalue weighted by Gasteiger charge is 2.13. The highest BCUT2D eigenvalue weighted by molar-refractivity contribution is 7.09. The van der Waals surface area contributed by atoms with Gasteiger partial charge in [-0.15, -0.1) is 0 Å². The van der Waals surface area contributed by atoms with Crippen molar-refractivity contribution in [2.75, 3.05) is 19.0 Å². The Balaban J connectivity index is 1.40. The predicted octanol–water partition coefficient (Wildman–Crippen LogP) is 8.73. The molecule has 1 N–H and O–H groups in total. The van der Waals surface area contributed by atoms with Gasteiger partial charge in [0.1, 0.15) is 11.5 Å². The molecule has 0 aliphatic rings. The molecule has 212 valence electrons. The second-order valence-electron chi connectivity index (χ2n) is 10.4. The molecule has 1 amide bonds. The summed E-state index contributed by atoms with van der Waals surface area (Å²) in [5, 5.41) is 3.02. The van der Waals surface area contributed by atoms with Crippen LogP contribution in [0.5, 0.6) is 11.5 Å². The number of nitrogens with one attached hydrogen (secondary N) is 1. The van der Waals surface area contributed by atoms with Gasteiger partial charge >= 0.3 is 0 Å². The van der Waals surface area contributed by atoms with Crippen molar-refractivity contribution in [2.45, 2.75) is 97.4 Å². The van der Waals surface area contributed by atoms with Crippen molar-refractivity contribution >= 4 is 22.9 Å². The average molecular weight is 552 g/mol. The second kappa shape index (κ2) is 17.7. The smallest absolute Gasteiger partial charge is 0.255 e. The lowest BCUT2D eigenvalue weighted by molar-refractivity contribution is -0.683. The molecule has 0 spiro atoms. The van der Waals surface area contributed by atoms with Crippen molar-refractivity contribution in [3.05, 3.63) is 70.2 Å². The Morgan fingerprint density at radius 1 is 0.872 bits per heavy atom. The SMILES string of the molecule is CCCCCCCCCCCCCCOc1cc(OC)ccc1NC(=O)c1ccc(C[n+]2csc(C)c2)cc1. The molecule has 6 heteroatoms. The lowest BCUT2D eigenvalue weighted by Crippen LogP contribution is -2.30. The maximum atomic E-state index is 13.0. The van der Waals surface area contributed by atoms with Gasteiger partial charge in [-0.3, -0.25) is 4.79 Å². The summed E-state index contributed by atoms with van der Waals surface area (Å²) in [7, 11) is 1.64. The Labute approximate surface area is 239 Å². The molecule has 0 fully saturated rings. The molecule has 0 unspecified atom stereocenters. The third-order valence-electron chi connectivity index (χ3n) is 7.00. The maximum absolute atomic E-state index is 13.0. The van der Waals surface area contributed by atoms with Gasteiger partial charge in [0, 0.05) is 17.2 Å². The van der Waals surface area contributed by atoms with Crippen LogP contribution in [-0.2, 0) is 6.54 Å². The zero-order chi connectivity index (χ0) is 27.7. The van der Waals surface area contributed by atoms with E-state index in [0.29, 0.717) is 29.4 Å². The van der Waals surface area contributed by atoms with Crippen LogP contribution in [0.1, 0.15) is 105 Å². The molecule has 0 saturated heterocycles. The zero-order valence-corrected chi connectivity index (χ0v) is 25.0. The van der Waals surface area contributed by atoms with Gasteiger partial charge in [-0.1, -0.05) is 101 Å². The molecule has 3 aromatic rings. The summed E-state index contributed by atoms with van der Waals surface area (Å²) in [4.78, 5) is 14.3. The number of amides is 1. The van der Waals surface area contributed by atoms with E-state index >= 15 is 0 Å². The minimum absolute atomic E-state index is 0.152. The molecule has 0 radical (unpaired) electrons. The molecule has 0 aliphatic carbocycles. The third-order valence-corrected chi connectivity index (χ3v) is 7.85. The number of aromatic nitrogens is 1. The maximum Gasteiger partial charge on any atom is 0.255 e. The van der Waals surface area contributed by atoms with E-state index in [9.17, 15) is 4.79 Å². The summed E-state index contributed by atoms with van der Waals surface area (Å²) in [6.07, 6.45) is 17.9. The molecule has 39 heavy (non-hydrogen) atoms. The molecule has 0 aliphatic heterocycles. The first-order valence-electron chi connectivity index (χ1n) is 14.7. The Bertz CT molecular complexity index is 1110. The molecule has 3 rings (SSSR count). The van der Waals surface area contributed by atoms with Gasteiger partial charge in [0.25, 0.3) is 5.91 Å². The van der Waals surface area contributed by atoms with E-state index in [4.69, 9.17) is 9.47 Å². The zero-order valence-electron chi connectivity index (χ0n) is 24.2. The first kappa shape index (κ1) is 30.7. The average Bonchev–Trinajstić information content (AvgIpc) is 3.36. The molecule has 1 heterocycles. The van der Waals surface area contributed by atoms with Crippen LogP contribution in [0, 0.1) is 6.92 Å². The lowest BCUT2D eigenvalue weighted by atomic mass is 10.1. The van der Waals surface area contributed by atoms with Gasteiger partial charge in [0.2, 0.25) is 5.51 Å². The van der Waals surface area contributed by atoms with Crippen LogP contribution in [0.25, 0.3) is 0 Å². The number of rotatable bonds is 19. The van der Waals surface area contributed by atoms with E-state index in [0.717, 1.165) is 24.9 Å². The molecular formula is C33H47N2O3S+. The number of hydrogen-bond donors (Lipinski definition) is 1. The van der Waals surface area contributed by atoms with Crippen LogP contribution >= 0.6 is 11.3 Å². The monoisotopic (exact) mass is 551 g/mol. The summed E-state index contributed by atoms with van der Waals surface area (Å²) in [6, 6.07) is 13.3. The van der Waals surface area contributed by atoms with Crippen molar-refractivity contribution in [1.82, 2.24) is 0 Å². The minimum Gasteiger partial charge on any atom is -0.497 e. The topological polar surface area (TPSA) is 51.4 Å². The summed E-state index contributed by atoms with van der Waals surface area (Å²) >= 11 is 1.73. The fourth-order valence-electron chi connectivity index (χ4n) is 4.67. The fourth-order valence-corrected chi connectivity index (χ4v) is 5.31. The molecule has 5 nitrogen and oxygen atoms in total. The Morgan fingerprint density at radius 2 is 1.51 bits per heavy atom. The number of methoxy groups -OCH3 is 1. The Kier molecular flexibility index (Phi) is 13.9. The van der Waals surface area contributed by atoms with Gasteiger partial charge in [-0.05, 0) is 37.6 Å². The number of anilines is 1. The molecule has 2 aromatic carbocycles. The number of thiazole rings is 1. The number of nitrogens with zero attached hydrogens (tertiary/aromatic N) is 1. The second-order valence-corrected chi connectivity index (χ2v) is 11.5. The van der Waals surface area contributed by atoms with E-state index < -0.39 is 0 Å². The number of benzene rings is 2. The highest BCUT2D eigenvalue weighted by atomic mass is 32.1. The van der Waals surface area contributed by atoms with E-state index in [2.05, 4.69) is 35.4 Å². The van der Waals surface area contributed by atoms with Gasteiger partial charge in [-0.2, -0.15) is 4.57 Å². The van der Waals surface area contributed by atoms with E-state index in [1.165, 1.54) is 69.1 Å². The number of carbonyl (C=O) groups excluding carboxylic acids is 1. The van der Waals surface area contributed by atoms with Crippen LogP contribution in [0.3, 0.4) is 0 Å². The Hall–Kier alpha value is -2.86. The van der Waals surface area contributed by atoms with Crippen LogP contribution in [-0.4, -0.2) is 19.6 Å². The van der Waals surface area contributed by atoms with Gasteiger partial charge in [-0.25, -0.2) is 0 Å². The predicted molar refractivity (Wildman–Crippen MR) is 162 cm³/mol. The van der Waals surface area contributed by atoms with Gasteiger partial charge in [0.05, 0.1) is 24.3 Å². The summed E-state index contributed by atoms with van der Waals surface area (Å²) in [5.74, 6) is 1.20. The number of ether oxygens (including phenoxy) is 2.